The van der Waals surface area contributed by atoms with Crippen molar-refractivity contribution < 1.29 is 0 Å². The van der Waals surface area contributed by atoms with Gasteiger partial charge in [-0.3, -0.25) is 0 Å². The van der Waals surface area contributed by atoms with E-state index in [1.807, 2.05) is 0 Å². The van der Waals surface area contributed by atoms with Crippen LogP contribution in [0.3, 0.4) is 0 Å². The molecule has 0 atom stereocenters. The summed E-state index contributed by atoms with van der Waals surface area (Å²) in [7, 11) is 0. The minimum absolute atomic E-state index is 1.24. The average molecular weight is 607 g/mol. The molecule has 48 heavy (non-hydrogen) atoms. The van der Waals surface area contributed by atoms with Gasteiger partial charge in [-0.15, -0.1) is 0 Å². The lowest BCUT2D eigenvalue weighted by Gasteiger charge is -2.20. The van der Waals surface area contributed by atoms with E-state index in [0.717, 1.165) is 0 Å². The quantitative estimate of drug-likeness (QED) is 0.139. The molecule has 0 aromatic heterocycles. The second kappa shape index (κ2) is 10.7. The van der Waals surface area contributed by atoms with Gasteiger partial charge in [-0.1, -0.05) is 164 Å². The van der Waals surface area contributed by atoms with Gasteiger partial charge in [0.1, 0.15) is 0 Å². The predicted octanol–water partition coefficient (Wildman–Crippen LogP) is 13.6. The summed E-state index contributed by atoms with van der Waals surface area (Å²) >= 11 is 0. The van der Waals surface area contributed by atoms with Crippen molar-refractivity contribution in [3.05, 3.63) is 182 Å². The Kier molecular flexibility index (Phi) is 5.98. The van der Waals surface area contributed by atoms with Crippen molar-refractivity contribution in [3.63, 3.8) is 0 Å². The Bertz CT molecular complexity index is 2880. The van der Waals surface area contributed by atoms with Gasteiger partial charge in [-0.2, -0.15) is 0 Å². The van der Waals surface area contributed by atoms with Crippen molar-refractivity contribution in [2.75, 3.05) is 0 Å². The Labute approximate surface area is 279 Å². The van der Waals surface area contributed by atoms with Crippen LogP contribution in [0, 0.1) is 0 Å². The lowest BCUT2D eigenvalue weighted by Crippen LogP contribution is -1.92. The maximum absolute atomic E-state index is 2.42. The topological polar surface area (TPSA) is 0 Å². The summed E-state index contributed by atoms with van der Waals surface area (Å²) in [6.07, 6.45) is 0. The SMILES string of the molecule is c1ccc(-c2ccc3cc(-c4c5ccccc5c(-c5ccc6ccc7ccccc7c6c5)c5c4ccc4ccccc45)ccc3c2)cc1. The van der Waals surface area contributed by atoms with E-state index in [0.29, 0.717) is 0 Å². The summed E-state index contributed by atoms with van der Waals surface area (Å²) in [5.74, 6) is 0. The van der Waals surface area contributed by atoms with Crippen LogP contribution in [-0.4, -0.2) is 0 Å². The van der Waals surface area contributed by atoms with Gasteiger partial charge in [0.05, 0.1) is 0 Å². The van der Waals surface area contributed by atoms with E-state index in [2.05, 4.69) is 182 Å². The molecule has 0 aliphatic rings. The molecule has 0 spiro atoms. The van der Waals surface area contributed by atoms with Crippen molar-refractivity contribution in [3.8, 4) is 33.4 Å². The standard InChI is InChI=1S/C48H30/c1-2-10-31(11-3-1)35-21-22-37-29-38(25-23-36(37)28-35)46-42-16-8-9-17-43(42)47(48-41-15-7-5-13-33(41)26-27-44(46)48)39-24-20-34-19-18-32-12-4-6-14-40(32)45(34)30-39/h1-30H. The monoisotopic (exact) mass is 606 g/mol. The number of hydrogen-bond acceptors (Lipinski definition) is 0. The summed E-state index contributed by atoms with van der Waals surface area (Å²) in [5, 5.41) is 15.3. The first-order valence-corrected chi connectivity index (χ1v) is 16.7. The van der Waals surface area contributed by atoms with Crippen molar-refractivity contribution in [2.45, 2.75) is 0 Å². The third-order valence-corrected chi connectivity index (χ3v) is 10.2. The van der Waals surface area contributed by atoms with Crippen LogP contribution in [0.4, 0.5) is 0 Å². The molecule has 10 aromatic carbocycles. The Hall–Kier alpha value is -6.24. The van der Waals surface area contributed by atoms with Gasteiger partial charge in [0.15, 0.2) is 0 Å². The van der Waals surface area contributed by atoms with Gasteiger partial charge in [0, 0.05) is 0 Å². The van der Waals surface area contributed by atoms with Gasteiger partial charge >= 0.3 is 0 Å². The molecule has 0 aliphatic heterocycles. The van der Waals surface area contributed by atoms with E-state index in [9.17, 15) is 0 Å². The fourth-order valence-electron chi connectivity index (χ4n) is 7.93. The van der Waals surface area contributed by atoms with E-state index >= 15 is 0 Å². The number of hydrogen-bond donors (Lipinski definition) is 0. The summed E-state index contributed by atoms with van der Waals surface area (Å²) < 4.78 is 0. The Balaban J connectivity index is 1.29. The first-order valence-electron chi connectivity index (χ1n) is 16.7. The highest BCUT2D eigenvalue weighted by molar-refractivity contribution is 6.28. The summed E-state index contributed by atoms with van der Waals surface area (Å²) in [5.41, 5.74) is 7.55. The van der Waals surface area contributed by atoms with E-state index < -0.39 is 0 Å². The van der Waals surface area contributed by atoms with Crippen LogP contribution in [0.15, 0.2) is 182 Å². The fraction of sp³-hybridized carbons (Fsp3) is 0. The molecule has 0 heterocycles. The molecule has 222 valence electrons. The molecule has 0 saturated heterocycles. The van der Waals surface area contributed by atoms with Crippen LogP contribution < -0.4 is 0 Å². The smallest absolute Gasteiger partial charge is 0.00141 e. The van der Waals surface area contributed by atoms with Crippen LogP contribution >= 0.6 is 0 Å². The first kappa shape index (κ1) is 26.9. The number of rotatable bonds is 3. The zero-order valence-electron chi connectivity index (χ0n) is 26.3. The van der Waals surface area contributed by atoms with Gasteiger partial charge < -0.3 is 0 Å². The van der Waals surface area contributed by atoms with E-state index in [1.165, 1.54) is 98.0 Å². The highest BCUT2D eigenvalue weighted by Gasteiger charge is 2.19. The minimum atomic E-state index is 1.24. The lowest BCUT2D eigenvalue weighted by atomic mass is 9.83. The number of fused-ring (bicyclic) bond motifs is 8. The third-order valence-electron chi connectivity index (χ3n) is 10.2. The third kappa shape index (κ3) is 4.16. The molecule has 10 aromatic rings. The van der Waals surface area contributed by atoms with Gasteiger partial charge in [0.2, 0.25) is 0 Å². The highest BCUT2D eigenvalue weighted by atomic mass is 14.2. The van der Waals surface area contributed by atoms with Crippen molar-refractivity contribution in [1.29, 1.82) is 0 Å². The molecule has 0 bridgehead atoms. The van der Waals surface area contributed by atoms with Crippen LogP contribution in [0.25, 0.3) is 98.0 Å². The van der Waals surface area contributed by atoms with Crippen LogP contribution in [0.5, 0.6) is 0 Å². The fourth-order valence-corrected chi connectivity index (χ4v) is 7.93. The molecule has 10 rings (SSSR count). The van der Waals surface area contributed by atoms with Crippen molar-refractivity contribution in [2.24, 2.45) is 0 Å². The minimum Gasteiger partial charge on any atom is -0.0622 e. The molecule has 0 N–H and O–H groups in total. The summed E-state index contributed by atoms with van der Waals surface area (Å²) in [6.45, 7) is 0. The second-order valence-corrected chi connectivity index (χ2v) is 12.9. The van der Waals surface area contributed by atoms with Gasteiger partial charge in [0.25, 0.3) is 0 Å². The molecule has 0 saturated carbocycles. The molecule has 0 aliphatic carbocycles. The Morgan fingerprint density at radius 3 is 1.44 bits per heavy atom. The normalized spacial score (nSPS) is 11.8. The molecule has 0 fully saturated rings. The lowest BCUT2D eigenvalue weighted by molar-refractivity contribution is 1.64. The predicted molar refractivity (Wildman–Crippen MR) is 208 cm³/mol. The zero-order chi connectivity index (χ0) is 31.6. The van der Waals surface area contributed by atoms with E-state index in [4.69, 9.17) is 0 Å². The van der Waals surface area contributed by atoms with Crippen LogP contribution in [-0.2, 0) is 0 Å². The summed E-state index contributed by atoms with van der Waals surface area (Å²) in [4.78, 5) is 0. The molecule has 0 radical (unpaired) electrons. The van der Waals surface area contributed by atoms with Crippen LogP contribution in [0.1, 0.15) is 0 Å². The largest absolute Gasteiger partial charge is 0.0622 e. The van der Waals surface area contributed by atoms with Gasteiger partial charge in [-0.25, -0.2) is 0 Å². The molecular formula is C48H30. The Morgan fingerprint density at radius 2 is 0.688 bits per heavy atom. The second-order valence-electron chi connectivity index (χ2n) is 12.9. The van der Waals surface area contributed by atoms with Crippen molar-refractivity contribution >= 4 is 64.6 Å². The highest BCUT2D eigenvalue weighted by Crippen LogP contribution is 2.47. The maximum Gasteiger partial charge on any atom is -0.00141 e. The van der Waals surface area contributed by atoms with Crippen molar-refractivity contribution in [1.82, 2.24) is 0 Å². The van der Waals surface area contributed by atoms with E-state index in [1.54, 1.807) is 0 Å². The summed E-state index contributed by atoms with van der Waals surface area (Å²) in [6, 6.07) is 67.2. The average Bonchev–Trinajstić information content (AvgIpc) is 3.16. The van der Waals surface area contributed by atoms with Crippen LogP contribution in [0.2, 0.25) is 0 Å². The van der Waals surface area contributed by atoms with Gasteiger partial charge in [-0.05, 0) is 116 Å². The molecule has 0 nitrogen and oxygen atoms in total. The number of benzene rings is 10. The Morgan fingerprint density at radius 1 is 0.208 bits per heavy atom. The molecule has 0 amide bonds. The molecular weight excluding hydrogens is 577 g/mol. The first-order chi connectivity index (χ1) is 23.8. The molecule has 0 unspecified atom stereocenters. The van der Waals surface area contributed by atoms with E-state index in [-0.39, 0.29) is 0 Å². The maximum atomic E-state index is 2.42. The molecule has 0 heteroatoms. The zero-order valence-corrected chi connectivity index (χ0v) is 26.3.